The average molecular weight is 329 g/mol. The lowest BCUT2D eigenvalue weighted by Gasteiger charge is -2.26. The highest BCUT2D eigenvalue weighted by Gasteiger charge is 2.25. The monoisotopic (exact) mass is 329 g/mol. The van der Waals surface area contributed by atoms with E-state index in [1.165, 1.54) is 18.4 Å². The molecule has 1 aliphatic rings. The molecule has 2 heterocycles. The Balaban J connectivity index is 1.60. The van der Waals surface area contributed by atoms with Crippen LogP contribution in [0, 0.1) is 6.92 Å². The molecule has 1 unspecified atom stereocenters. The zero-order valence-electron chi connectivity index (χ0n) is 13.4. The van der Waals surface area contributed by atoms with E-state index in [1.807, 2.05) is 30.3 Å². The molecule has 1 aromatic heterocycles. The van der Waals surface area contributed by atoms with Gasteiger partial charge in [-0.1, -0.05) is 18.2 Å². The van der Waals surface area contributed by atoms with Crippen molar-refractivity contribution in [2.24, 2.45) is 0 Å². The Hall–Kier alpha value is -1.85. The minimum atomic E-state index is 0.226. The molecule has 5 heteroatoms. The first kappa shape index (κ1) is 16.0. The van der Waals surface area contributed by atoms with Gasteiger partial charge in [0.15, 0.2) is 5.11 Å². The highest BCUT2D eigenvalue weighted by molar-refractivity contribution is 7.80. The van der Waals surface area contributed by atoms with E-state index in [-0.39, 0.29) is 6.04 Å². The SMILES string of the molecule is Cc1ccccc1NC(=S)NCC(c1ccco1)N1CCCC1. The fourth-order valence-electron chi connectivity index (χ4n) is 3.01. The van der Waals surface area contributed by atoms with Crippen molar-refractivity contribution < 1.29 is 4.42 Å². The van der Waals surface area contributed by atoms with E-state index in [0.29, 0.717) is 5.11 Å². The number of nitrogens with zero attached hydrogens (tertiary/aromatic N) is 1. The number of aryl methyl sites for hydroxylation is 1. The number of anilines is 1. The molecule has 4 nitrogen and oxygen atoms in total. The lowest BCUT2D eigenvalue weighted by molar-refractivity contribution is 0.216. The molecule has 1 aromatic carbocycles. The molecule has 0 amide bonds. The largest absolute Gasteiger partial charge is 0.468 e. The van der Waals surface area contributed by atoms with Gasteiger partial charge in [-0.2, -0.15) is 0 Å². The van der Waals surface area contributed by atoms with E-state index in [2.05, 4.69) is 28.5 Å². The summed E-state index contributed by atoms with van der Waals surface area (Å²) in [7, 11) is 0. The number of rotatable bonds is 5. The van der Waals surface area contributed by atoms with Crippen LogP contribution in [0.2, 0.25) is 0 Å². The van der Waals surface area contributed by atoms with Crippen LogP contribution in [0.1, 0.15) is 30.2 Å². The van der Waals surface area contributed by atoms with Gasteiger partial charge >= 0.3 is 0 Å². The lowest BCUT2D eigenvalue weighted by Crippen LogP contribution is -2.38. The Kier molecular flexibility index (Phi) is 5.31. The molecule has 23 heavy (non-hydrogen) atoms. The molecule has 0 radical (unpaired) electrons. The van der Waals surface area contributed by atoms with Crippen LogP contribution in [0.4, 0.5) is 5.69 Å². The summed E-state index contributed by atoms with van der Waals surface area (Å²) in [5.41, 5.74) is 2.22. The van der Waals surface area contributed by atoms with Crippen molar-refractivity contribution in [3.8, 4) is 0 Å². The second kappa shape index (κ2) is 7.62. The number of nitrogens with one attached hydrogen (secondary N) is 2. The van der Waals surface area contributed by atoms with Crippen LogP contribution in [0.15, 0.2) is 47.1 Å². The maximum Gasteiger partial charge on any atom is 0.170 e. The molecular formula is C18H23N3OS. The summed E-state index contributed by atoms with van der Waals surface area (Å²) in [6.07, 6.45) is 4.24. The van der Waals surface area contributed by atoms with Crippen LogP contribution in [0.25, 0.3) is 0 Å². The van der Waals surface area contributed by atoms with Crippen LogP contribution in [-0.2, 0) is 0 Å². The third-order valence-corrected chi connectivity index (χ3v) is 4.55. The van der Waals surface area contributed by atoms with Gasteiger partial charge in [0.1, 0.15) is 5.76 Å². The molecule has 0 saturated carbocycles. The van der Waals surface area contributed by atoms with Gasteiger partial charge in [0.25, 0.3) is 0 Å². The maximum absolute atomic E-state index is 5.63. The Morgan fingerprint density at radius 2 is 2.00 bits per heavy atom. The molecule has 1 fully saturated rings. The highest BCUT2D eigenvalue weighted by Crippen LogP contribution is 2.25. The van der Waals surface area contributed by atoms with Gasteiger partial charge in [0.2, 0.25) is 0 Å². The van der Waals surface area contributed by atoms with Crippen LogP contribution in [0.5, 0.6) is 0 Å². The number of furan rings is 1. The Labute approximate surface area is 142 Å². The molecule has 2 N–H and O–H groups in total. The summed E-state index contributed by atoms with van der Waals surface area (Å²) in [5, 5.41) is 7.26. The maximum atomic E-state index is 5.63. The third kappa shape index (κ3) is 4.12. The zero-order chi connectivity index (χ0) is 16.1. The Morgan fingerprint density at radius 3 is 2.70 bits per heavy atom. The summed E-state index contributed by atoms with van der Waals surface area (Å²) in [6.45, 7) is 5.04. The molecular weight excluding hydrogens is 306 g/mol. The van der Waals surface area contributed by atoms with Gasteiger partial charge in [-0.05, 0) is 68.8 Å². The van der Waals surface area contributed by atoms with E-state index >= 15 is 0 Å². The molecule has 1 aliphatic heterocycles. The molecule has 3 rings (SSSR count). The van der Waals surface area contributed by atoms with E-state index < -0.39 is 0 Å². The fourth-order valence-corrected chi connectivity index (χ4v) is 3.21. The minimum absolute atomic E-state index is 0.226. The van der Waals surface area contributed by atoms with Crippen molar-refractivity contribution in [2.75, 3.05) is 25.0 Å². The number of hydrogen-bond acceptors (Lipinski definition) is 3. The number of likely N-dealkylation sites (tertiary alicyclic amines) is 1. The number of hydrogen-bond donors (Lipinski definition) is 2. The molecule has 2 aromatic rings. The van der Waals surface area contributed by atoms with E-state index in [4.69, 9.17) is 16.6 Å². The standard InChI is InChI=1S/C18H23N3OS/c1-14-7-2-3-8-15(14)20-18(23)19-13-16(17-9-6-12-22-17)21-10-4-5-11-21/h2-3,6-9,12,16H,4-5,10-11,13H2,1H3,(H2,19,20,23). The van der Waals surface area contributed by atoms with E-state index in [9.17, 15) is 0 Å². The minimum Gasteiger partial charge on any atom is -0.468 e. The quantitative estimate of drug-likeness (QED) is 0.818. The Bertz CT molecular complexity index is 635. The first-order valence-electron chi connectivity index (χ1n) is 8.12. The fraction of sp³-hybridized carbons (Fsp3) is 0.389. The van der Waals surface area contributed by atoms with Crippen molar-refractivity contribution in [1.82, 2.24) is 10.2 Å². The van der Waals surface area contributed by atoms with Crippen molar-refractivity contribution in [1.29, 1.82) is 0 Å². The van der Waals surface area contributed by atoms with Gasteiger partial charge in [0.05, 0.1) is 12.3 Å². The predicted octanol–water partition coefficient (Wildman–Crippen LogP) is 3.71. The summed E-state index contributed by atoms with van der Waals surface area (Å²) >= 11 is 5.45. The summed E-state index contributed by atoms with van der Waals surface area (Å²) in [6, 6.07) is 12.4. The van der Waals surface area contributed by atoms with Crippen molar-refractivity contribution in [3.63, 3.8) is 0 Å². The van der Waals surface area contributed by atoms with E-state index in [0.717, 1.165) is 31.1 Å². The van der Waals surface area contributed by atoms with Crippen molar-refractivity contribution in [3.05, 3.63) is 54.0 Å². The number of para-hydroxylation sites is 1. The topological polar surface area (TPSA) is 40.4 Å². The van der Waals surface area contributed by atoms with Gasteiger partial charge in [-0.25, -0.2) is 0 Å². The molecule has 0 spiro atoms. The van der Waals surface area contributed by atoms with Crippen LogP contribution >= 0.6 is 12.2 Å². The average Bonchev–Trinajstić information content (AvgIpc) is 3.23. The lowest BCUT2D eigenvalue weighted by atomic mass is 10.2. The number of benzene rings is 1. The van der Waals surface area contributed by atoms with Crippen LogP contribution in [-0.4, -0.2) is 29.6 Å². The summed E-state index contributed by atoms with van der Waals surface area (Å²) in [4.78, 5) is 2.46. The predicted molar refractivity (Wildman–Crippen MR) is 97.7 cm³/mol. The van der Waals surface area contributed by atoms with Crippen LogP contribution < -0.4 is 10.6 Å². The molecule has 0 bridgehead atoms. The first-order chi connectivity index (χ1) is 11.2. The first-order valence-corrected chi connectivity index (χ1v) is 8.53. The third-order valence-electron chi connectivity index (χ3n) is 4.30. The number of thiocarbonyl (C=S) groups is 1. The van der Waals surface area contributed by atoms with Crippen molar-refractivity contribution >= 4 is 23.0 Å². The highest BCUT2D eigenvalue weighted by atomic mass is 32.1. The van der Waals surface area contributed by atoms with Crippen molar-refractivity contribution in [2.45, 2.75) is 25.8 Å². The normalized spacial score (nSPS) is 16.2. The smallest absolute Gasteiger partial charge is 0.170 e. The van der Waals surface area contributed by atoms with Gasteiger partial charge in [0, 0.05) is 12.2 Å². The molecule has 122 valence electrons. The summed E-state index contributed by atoms with van der Waals surface area (Å²) in [5.74, 6) is 0.998. The zero-order valence-corrected chi connectivity index (χ0v) is 14.2. The van der Waals surface area contributed by atoms with E-state index in [1.54, 1.807) is 6.26 Å². The summed E-state index contributed by atoms with van der Waals surface area (Å²) < 4.78 is 5.63. The van der Waals surface area contributed by atoms with Gasteiger partial charge < -0.3 is 15.1 Å². The second-order valence-corrected chi connectivity index (χ2v) is 6.33. The Morgan fingerprint density at radius 1 is 1.22 bits per heavy atom. The van der Waals surface area contributed by atoms with Gasteiger partial charge in [-0.3, -0.25) is 4.90 Å². The molecule has 0 aliphatic carbocycles. The molecule has 1 atom stereocenters. The second-order valence-electron chi connectivity index (χ2n) is 5.92. The van der Waals surface area contributed by atoms with Gasteiger partial charge in [-0.15, -0.1) is 0 Å². The molecule has 1 saturated heterocycles. The van der Waals surface area contributed by atoms with Crippen LogP contribution in [0.3, 0.4) is 0 Å².